The molecule has 0 aliphatic carbocycles. The molecule has 4 nitrogen and oxygen atoms in total. The minimum atomic E-state index is -0.186. The molecule has 4 heteroatoms. The summed E-state index contributed by atoms with van der Waals surface area (Å²) in [4.78, 5) is 4.78. The zero-order valence-corrected chi connectivity index (χ0v) is 13.8. The molecule has 0 spiro atoms. The smallest absolute Gasteiger partial charge is 0.111 e. The fraction of sp³-hybridized carbons (Fsp3) is 0.588. The van der Waals surface area contributed by atoms with Crippen molar-refractivity contribution in [1.82, 2.24) is 14.9 Å². The minimum Gasteiger partial charge on any atom is -0.377 e. The van der Waals surface area contributed by atoms with Gasteiger partial charge in [0.1, 0.15) is 5.82 Å². The molecule has 0 amide bonds. The predicted molar refractivity (Wildman–Crippen MR) is 87.6 cm³/mol. The Labute approximate surface area is 127 Å². The van der Waals surface area contributed by atoms with Crippen LogP contribution in [0, 0.1) is 0 Å². The highest BCUT2D eigenvalue weighted by Gasteiger charge is 2.33. The van der Waals surface area contributed by atoms with Gasteiger partial charge in [-0.1, -0.05) is 26.0 Å². The second-order valence-electron chi connectivity index (χ2n) is 5.76. The lowest BCUT2D eigenvalue weighted by Gasteiger charge is -2.36. The maximum absolute atomic E-state index is 5.79. The van der Waals surface area contributed by atoms with Crippen molar-refractivity contribution >= 4 is 11.0 Å². The standard InChI is InChI=1S/C17H27N3O/c1-6-17(3,21-5)15(18-7-2)12-16-19-13-10-8-9-11-14(13)20(16)4/h8-11,15,18H,6-7,12H2,1-5H3. The maximum atomic E-state index is 5.79. The summed E-state index contributed by atoms with van der Waals surface area (Å²) in [6.45, 7) is 7.40. The molecule has 0 saturated heterocycles. The Morgan fingerprint density at radius 2 is 2.05 bits per heavy atom. The summed E-state index contributed by atoms with van der Waals surface area (Å²) >= 11 is 0. The molecule has 2 unspecified atom stereocenters. The van der Waals surface area contributed by atoms with Crippen molar-refractivity contribution in [1.29, 1.82) is 0 Å². The summed E-state index contributed by atoms with van der Waals surface area (Å²) < 4.78 is 7.97. The Bertz CT molecular complexity index is 587. The Morgan fingerprint density at radius 1 is 1.33 bits per heavy atom. The van der Waals surface area contributed by atoms with Gasteiger partial charge in [0, 0.05) is 26.6 Å². The lowest BCUT2D eigenvalue weighted by atomic mass is 9.90. The molecule has 2 aromatic rings. The number of aromatic nitrogens is 2. The third-order valence-corrected chi connectivity index (χ3v) is 4.62. The first-order valence-corrected chi connectivity index (χ1v) is 7.74. The van der Waals surface area contributed by atoms with Crippen LogP contribution in [0.3, 0.4) is 0 Å². The van der Waals surface area contributed by atoms with E-state index in [9.17, 15) is 0 Å². The van der Waals surface area contributed by atoms with Crippen molar-refractivity contribution < 1.29 is 4.74 Å². The van der Waals surface area contributed by atoms with Gasteiger partial charge in [-0.2, -0.15) is 0 Å². The fourth-order valence-electron chi connectivity index (χ4n) is 2.84. The molecular formula is C17H27N3O. The number of methoxy groups -OCH3 is 1. The Kier molecular flexibility index (Phi) is 5.01. The number of aryl methyl sites for hydroxylation is 1. The summed E-state index contributed by atoms with van der Waals surface area (Å²) in [5, 5.41) is 3.57. The van der Waals surface area contributed by atoms with Gasteiger partial charge in [-0.05, 0) is 32.0 Å². The number of benzene rings is 1. The molecule has 21 heavy (non-hydrogen) atoms. The first-order chi connectivity index (χ1) is 10.1. The highest BCUT2D eigenvalue weighted by molar-refractivity contribution is 5.75. The SMILES string of the molecule is CCNC(Cc1nc2ccccc2n1C)C(C)(CC)OC. The Hall–Kier alpha value is -1.39. The zero-order chi connectivity index (χ0) is 15.5. The van der Waals surface area contributed by atoms with Gasteiger partial charge in [0.25, 0.3) is 0 Å². The maximum Gasteiger partial charge on any atom is 0.111 e. The van der Waals surface area contributed by atoms with Crippen molar-refractivity contribution in [3.63, 3.8) is 0 Å². The minimum absolute atomic E-state index is 0.186. The first kappa shape index (κ1) is 16.0. The van der Waals surface area contributed by atoms with E-state index in [-0.39, 0.29) is 11.6 Å². The third-order valence-electron chi connectivity index (χ3n) is 4.62. The van der Waals surface area contributed by atoms with E-state index in [4.69, 9.17) is 9.72 Å². The van der Waals surface area contributed by atoms with Crippen LogP contribution >= 0.6 is 0 Å². The van der Waals surface area contributed by atoms with Crippen LogP contribution in [0.1, 0.15) is 33.0 Å². The normalized spacial score (nSPS) is 16.0. The molecule has 116 valence electrons. The first-order valence-electron chi connectivity index (χ1n) is 7.74. The van der Waals surface area contributed by atoms with Crippen molar-refractivity contribution in [3.05, 3.63) is 30.1 Å². The van der Waals surface area contributed by atoms with Crippen molar-refractivity contribution in [3.8, 4) is 0 Å². The predicted octanol–water partition coefficient (Wildman–Crippen LogP) is 2.91. The van der Waals surface area contributed by atoms with E-state index in [0.717, 1.165) is 30.7 Å². The van der Waals surface area contributed by atoms with Gasteiger partial charge < -0.3 is 14.6 Å². The summed E-state index contributed by atoms with van der Waals surface area (Å²) in [5.74, 6) is 1.10. The Balaban J connectivity index is 2.32. The van der Waals surface area contributed by atoms with E-state index in [2.05, 4.69) is 55.9 Å². The molecule has 2 rings (SSSR count). The summed E-state index contributed by atoms with van der Waals surface area (Å²) in [7, 11) is 3.88. The van der Waals surface area contributed by atoms with E-state index in [1.807, 2.05) is 6.07 Å². The Morgan fingerprint density at radius 3 is 2.62 bits per heavy atom. The van der Waals surface area contributed by atoms with Crippen LogP contribution in [-0.4, -0.2) is 34.8 Å². The number of ether oxygens (including phenoxy) is 1. The highest BCUT2D eigenvalue weighted by atomic mass is 16.5. The van der Waals surface area contributed by atoms with Gasteiger partial charge in [-0.25, -0.2) is 4.98 Å². The van der Waals surface area contributed by atoms with Gasteiger partial charge in [0.05, 0.1) is 16.6 Å². The second-order valence-corrected chi connectivity index (χ2v) is 5.76. The van der Waals surface area contributed by atoms with Crippen LogP contribution in [0.4, 0.5) is 0 Å². The number of hydrogen-bond donors (Lipinski definition) is 1. The lowest BCUT2D eigenvalue weighted by Crippen LogP contribution is -2.51. The van der Waals surface area contributed by atoms with E-state index < -0.39 is 0 Å². The zero-order valence-electron chi connectivity index (χ0n) is 13.8. The van der Waals surface area contributed by atoms with Crippen LogP contribution in [0.2, 0.25) is 0 Å². The van der Waals surface area contributed by atoms with Gasteiger partial charge in [0.2, 0.25) is 0 Å². The van der Waals surface area contributed by atoms with E-state index in [1.165, 1.54) is 5.52 Å². The third kappa shape index (κ3) is 3.11. The second kappa shape index (κ2) is 6.58. The van der Waals surface area contributed by atoms with E-state index >= 15 is 0 Å². The van der Waals surface area contributed by atoms with E-state index in [0.29, 0.717) is 0 Å². The van der Waals surface area contributed by atoms with Crippen LogP contribution in [0.5, 0.6) is 0 Å². The van der Waals surface area contributed by atoms with Crippen LogP contribution in [0.15, 0.2) is 24.3 Å². The largest absolute Gasteiger partial charge is 0.377 e. The average Bonchev–Trinajstić information content (AvgIpc) is 2.83. The van der Waals surface area contributed by atoms with Gasteiger partial charge in [0.15, 0.2) is 0 Å². The molecule has 0 radical (unpaired) electrons. The van der Waals surface area contributed by atoms with Crippen LogP contribution in [0.25, 0.3) is 11.0 Å². The van der Waals surface area contributed by atoms with Crippen molar-refractivity contribution in [2.45, 2.75) is 45.3 Å². The topological polar surface area (TPSA) is 39.1 Å². The van der Waals surface area contributed by atoms with E-state index in [1.54, 1.807) is 7.11 Å². The fourth-order valence-corrected chi connectivity index (χ4v) is 2.84. The average molecular weight is 289 g/mol. The number of likely N-dealkylation sites (N-methyl/N-ethyl adjacent to an activating group) is 1. The molecule has 1 N–H and O–H groups in total. The molecular weight excluding hydrogens is 262 g/mol. The molecule has 1 aromatic heterocycles. The monoisotopic (exact) mass is 289 g/mol. The molecule has 2 atom stereocenters. The molecule has 0 saturated carbocycles. The molecule has 0 aliphatic rings. The quantitative estimate of drug-likeness (QED) is 0.852. The van der Waals surface area contributed by atoms with Crippen molar-refractivity contribution in [2.24, 2.45) is 7.05 Å². The van der Waals surface area contributed by atoms with Crippen molar-refractivity contribution in [2.75, 3.05) is 13.7 Å². The number of imidazole rings is 1. The van der Waals surface area contributed by atoms with Gasteiger partial charge >= 0.3 is 0 Å². The number of hydrogen-bond acceptors (Lipinski definition) is 3. The molecule has 0 aliphatic heterocycles. The van der Waals surface area contributed by atoms with Crippen LogP contribution in [-0.2, 0) is 18.2 Å². The summed E-state index contributed by atoms with van der Waals surface area (Å²) in [6, 6.07) is 8.51. The summed E-state index contributed by atoms with van der Waals surface area (Å²) in [5.41, 5.74) is 2.05. The molecule has 1 aromatic carbocycles. The molecule has 0 fully saturated rings. The number of para-hydroxylation sites is 2. The van der Waals surface area contributed by atoms with Gasteiger partial charge in [-0.3, -0.25) is 0 Å². The molecule has 1 heterocycles. The number of rotatable bonds is 7. The molecule has 0 bridgehead atoms. The number of fused-ring (bicyclic) bond motifs is 1. The van der Waals surface area contributed by atoms with Crippen LogP contribution < -0.4 is 5.32 Å². The highest BCUT2D eigenvalue weighted by Crippen LogP contribution is 2.23. The lowest BCUT2D eigenvalue weighted by molar-refractivity contribution is -0.0289. The number of nitrogens with zero attached hydrogens (tertiary/aromatic N) is 2. The number of nitrogens with one attached hydrogen (secondary N) is 1. The van der Waals surface area contributed by atoms with Gasteiger partial charge in [-0.15, -0.1) is 0 Å². The summed E-state index contributed by atoms with van der Waals surface area (Å²) in [6.07, 6.45) is 1.82.